The van der Waals surface area contributed by atoms with Gasteiger partial charge in [0.2, 0.25) is 0 Å². The van der Waals surface area contributed by atoms with Crippen molar-refractivity contribution in [2.75, 3.05) is 0 Å². The standard InChI is InChI=1S/C20H40O5Si5/c1-14-19(15-2)30(20(16-3,17-4)18-5)24-28(10,11)22-26(6,7)21-27(8,9)23-29(12,13)25-30/h14-19H,1-5H2,6-13H3. The SMILES string of the molecule is C=CC(C=C)[Si]1(C(C=C)(C=C)C=C)O[Si](C)(C)O[Si](C)(C)O[Si](C)(C)O[Si](C)(C)O1. The van der Waals surface area contributed by atoms with E-state index < -0.39 is 47.8 Å². The summed E-state index contributed by atoms with van der Waals surface area (Å²) >= 11 is 0. The molecule has 0 unspecified atom stereocenters. The largest absolute Gasteiger partial charge is 0.416 e. The van der Waals surface area contributed by atoms with Gasteiger partial charge in [0, 0.05) is 5.54 Å². The lowest BCUT2D eigenvalue weighted by Crippen LogP contribution is -2.69. The molecule has 0 aromatic rings. The van der Waals surface area contributed by atoms with Gasteiger partial charge in [0.1, 0.15) is 0 Å². The minimum atomic E-state index is -3.35. The molecule has 0 spiro atoms. The molecule has 0 aromatic carbocycles. The zero-order valence-electron chi connectivity index (χ0n) is 20.0. The Morgan fingerprint density at radius 1 is 0.533 bits per heavy atom. The lowest BCUT2D eigenvalue weighted by Gasteiger charge is -2.54. The zero-order chi connectivity index (χ0) is 23.6. The minimum Gasteiger partial charge on any atom is -0.416 e. The van der Waals surface area contributed by atoms with E-state index >= 15 is 0 Å². The predicted octanol–water partition coefficient (Wildman–Crippen LogP) is 6.37. The van der Waals surface area contributed by atoms with Crippen molar-refractivity contribution >= 4 is 42.8 Å². The van der Waals surface area contributed by atoms with Gasteiger partial charge in [-0.3, -0.25) is 0 Å². The van der Waals surface area contributed by atoms with Crippen molar-refractivity contribution in [3.8, 4) is 0 Å². The average Bonchev–Trinajstić information content (AvgIpc) is 2.52. The predicted molar refractivity (Wildman–Crippen MR) is 139 cm³/mol. The summed E-state index contributed by atoms with van der Waals surface area (Å²) in [6.45, 7) is 36.7. The number of hydrogen-bond acceptors (Lipinski definition) is 5. The fourth-order valence-corrected chi connectivity index (χ4v) is 31.6. The highest BCUT2D eigenvalue weighted by Crippen LogP contribution is 2.53. The Bertz CT molecular complexity index is 642. The Morgan fingerprint density at radius 3 is 1.03 bits per heavy atom. The summed E-state index contributed by atoms with van der Waals surface area (Å²) in [7, 11) is -13.9. The monoisotopic (exact) mass is 500 g/mol. The van der Waals surface area contributed by atoms with Crippen LogP contribution in [0.5, 0.6) is 0 Å². The topological polar surface area (TPSA) is 46.2 Å². The fraction of sp³-hybridized carbons (Fsp3) is 0.500. The first-order chi connectivity index (χ1) is 13.5. The molecule has 1 aliphatic rings. The van der Waals surface area contributed by atoms with Gasteiger partial charge in [0.15, 0.2) is 0 Å². The molecule has 0 atom stereocenters. The van der Waals surface area contributed by atoms with E-state index in [0.29, 0.717) is 0 Å². The Kier molecular flexibility index (Phi) is 8.48. The first-order valence-corrected chi connectivity index (χ1v) is 23.3. The molecule has 0 radical (unpaired) electrons. The Hall–Kier alpha value is -0.416. The van der Waals surface area contributed by atoms with Gasteiger partial charge >= 0.3 is 42.8 Å². The molecule has 1 aliphatic heterocycles. The molecule has 10 heteroatoms. The van der Waals surface area contributed by atoms with E-state index in [1.54, 1.807) is 0 Å². The van der Waals surface area contributed by atoms with E-state index in [1.165, 1.54) is 0 Å². The summed E-state index contributed by atoms with van der Waals surface area (Å²) < 4.78 is 33.8. The van der Waals surface area contributed by atoms with Gasteiger partial charge in [-0.15, -0.1) is 32.9 Å². The van der Waals surface area contributed by atoms with Crippen molar-refractivity contribution in [2.45, 2.75) is 63.0 Å². The molecule has 0 N–H and O–H groups in total. The third-order valence-electron chi connectivity index (χ3n) is 4.83. The number of rotatable bonds is 7. The molecule has 0 bridgehead atoms. The molecule has 0 aliphatic carbocycles. The van der Waals surface area contributed by atoms with Gasteiger partial charge in [-0.2, -0.15) is 0 Å². The van der Waals surface area contributed by atoms with Crippen LogP contribution in [0.25, 0.3) is 0 Å². The summed E-state index contributed by atoms with van der Waals surface area (Å²) in [5, 5.41) is -0.807. The van der Waals surface area contributed by atoms with Gasteiger partial charge in [-0.25, -0.2) is 0 Å². The van der Waals surface area contributed by atoms with Crippen LogP contribution in [0.1, 0.15) is 0 Å². The molecule has 1 rings (SSSR count). The van der Waals surface area contributed by atoms with Gasteiger partial charge in [0.25, 0.3) is 0 Å². The van der Waals surface area contributed by atoms with Crippen LogP contribution >= 0.6 is 0 Å². The Morgan fingerprint density at radius 2 is 0.800 bits per heavy atom. The quantitative estimate of drug-likeness (QED) is 0.300. The van der Waals surface area contributed by atoms with Gasteiger partial charge in [-0.05, 0) is 52.4 Å². The van der Waals surface area contributed by atoms with Crippen LogP contribution in [0.15, 0.2) is 63.3 Å². The van der Waals surface area contributed by atoms with Gasteiger partial charge in [-0.1, -0.05) is 30.4 Å². The maximum Gasteiger partial charge on any atom is 0.349 e. The molecule has 170 valence electrons. The maximum atomic E-state index is 7.03. The highest BCUT2D eigenvalue weighted by atomic mass is 28.5. The third-order valence-corrected chi connectivity index (χ3v) is 26.2. The van der Waals surface area contributed by atoms with Crippen LogP contribution in [0.3, 0.4) is 0 Å². The third kappa shape index (κ3) is 5.88. The normalized spacial score (nSPS) is 25.0. The van der Waals surface area contributed by atoms with E-state index in [2.05, 4.69) is 32.9 Å². The molecular formula is C20H40O5Si5. The van der Waals surface area contributed by atoms with Crippen LogP contribution in [0.4, 0.5) is 0 Å². The lowest BCUT2D eigenvalue weighted by atomic mass is 10.1. The second kappa shape index (κ2) is 9.21. The lowest BCUT2D eigenvalue weighted by molar-refractivity contribution is 0.225. The summed E-state index contributed by atoms with van der Waals surface area (Å²) in [6.07, 6.45) is 9.07. The van der Waals surface area contributed by atoms with Crippen molar-refractivity contribution in [1.29, 1.82) is 0 Å². The van der Waals surface area contributed by atoms with E-state index in [4.69, 9.17) is 20.6 Å². The average molecular weight is 501 g/mol. The van der Waals surface area contributed by atoms with Crippen molar-refractivity contribution in [3.05, 3.63) is 63.3 Å². The van der Waals surface area contributed by atoms with Crippen molar-refractivity contribution in [3.63, 3.8) is 0 Å². The van der Waals surface area contributed by atoms with Gasteiger partial charge < -0.3 is 20.6 Å². The molecule has 1 heterocycles. The molecule has 30 heavy (non-hydrogen) atoms. The summed E-state index contributed by atoms with van der Waals surface area (Å²) in [6, 6.07) is 0. The van der Waals surface area contributed by atoms with E-state index in [-0.39, 0.29) is 5.54 Å². The fourth-order valence-electron chi connectivity index (χ4n) is 4.30. The molecule has 5 nitrogen and oxygen atoms in total. The summed E-state index contributed by atoms with van der Waals surface area (Å²) in [5.74, 6) is 0. The molecule has 0 saturated carbocycles. The molecular weight excluding hydrogens is 461 g/mol. The second-order valence-electron chi connectivity index (χ2n) is 9.32. The first kappa shape index (κ1) is 27.6. The molecule has 0 amide bonds. The van der Waals surface area contributed by atoms with Crippen molar-refractivity contribution in [2.24, 2.45) is 0 Å². The van der Waals surface area contributed by atoms with Crippen LogP contribution in [0.2, 0.25) is 63.0 Å². The zero-order valence-corrected chi connectivity index (χ0v) is 25.0. The smallest absolute Gasteiger partial charge is 0.349 e. The maximum absolute atomic E-state index is 7.03. The van der Waals surface area contributed by atoms with Crippen LogP contribution in [-0.2, 0) is 20.6 Å². The van der Waals surface area contributed by atoms with Crippen molar-refractivity contribution < 1.29 is 20.6 Å². The number of allylic oxidation sites excluding steroid dienone is 5. The van der Waals surface area contributed by atoms with E-state index in [0.717, 1.165) is 0 Å². The summed E-state index contributed by atoms with van der Waals surface area (Å²) in [5.41, 5.74) is -0.271. The van der Waals surface area contributed by atoms with Crippen LogP contribution in [0, 0.1) is 0 Å². The van der Waals surface area contributed by atoms with Crippen molar-refractivity contribution in [1.82, 2.24) is 0 Å². The van der Waals surface area contributed by atoms with Gasteiger partial charge in [0.05, 0.1) is 5.04 Å². The molecule has 1 saturated heterocycles. The van der Waals surface area contributed by atoms with Crippen LogP contribution < -0.4 is 0 Å². The highest BCUT2D eigenvalue weighted by molar-refractivity contribution is 6.95. The number of hydrogen-bond donors (Lipinski definition) is 0. The molecule has 0 aromatic heterocycles. The van der Waals surface area contributed by atoms with E-state index in [9.17, 15) is 0 Å². The first-order valence-electron chi connectivity index (χ1n) is 10.2. The minimum absolute atomic E-state index is 0.271. The highest BCUT2D eigenvalue weighted by Gasteiger charge is 2.63. The van der Waals surface area contributed by atoms with E-state index in [1.807, 2.05) is 82.8 Å². The van der Waals surface area contributed by atoms with Crippen LogP contribution in [-0.4, -0.2) is 42.8 Å². The Labute approximate surface area is 189 Å². The second-order valence-corrected chi connectivity index (χ2v) is 27.5. The Balaban J connectivity index is 3.97. The summed E-state index contributed by atoms with van der Waals surface area (Å²) in [4.78, 5) is 0. The molecule has 1 fully saturated rings.